The molecule has 0 aromatic rings. The third-order valence-electron chi connectivity index (χ3n) is 1.90. The Labute approximate surface area is 76.4 Å². The van der Waals surface area contributed by atoms with E-state index in [2.05, 4.69) is 4.52 Å². The van der Waals surface area contributed by atoms with Crippen molar-refractivity contribution in [2.75, 3.05) is 13.2 Å². The molecule has 1 aliphatic rings. The lowest BCUT2D eigenvalue weighted by molar-refractivity contribution is -0.192. The number of aliphatic hydroxyl groups is 3. The molecule has 1 rings (SSSR count). The van der Waals surface area contributed by atoms with Gasteiger partial charge in [0.15, 0.2) is 0 Å². The van der Waals surface area contributed by atoms with E-state index in [4.69, 9.17) is 9.84 Å². The zero-order chi connectivity index (χ0) is 9.84. The normalized spacial score (nSPS) is 40.8. The van der Waals surface area contributed by atoms with Crippen LogP contribution in [0.1, 0.15) is 0 Å². The Hall–Kier alpha value is -0.100. The highest BCUT2D eigenvalue weighted by Gasteiger charge is 2.37. The highest BCUT2D eigenvalue weighted by Crippen LogP contribution is 2.16. The lowest BCUT2D eigenvalue weighted by Gasteiger charge is -2.34. The number of ether oxygens (including phenoxy) is 1. The van der Waals surface area contributed by atoms with Crippen molar-refractivity contribution in [2.24, 2.45) is 0 Å². The van der Waals surface area contributed by atoms with Crippen LogP contribution < -0.4 is 0 Å². The van der Waals surface area contributed by atoms with Gasteiger partial charge in [0, 0.05) is 0 Å². The number of aliphatic hydroxyl groups excluding tert-OH is 3. The predicted octanol–water partition coefficient (Wildman–Crippen LogP) is -1.31. The van der Waals surface area contributed by atoms with Crippen LogP contribution in [-0.2, 0) is 13.8 Å². The molecule has 0 amide bonds. The molecule has 6 nitrogen and oxygen atoms in total. The van der Waals surface area contributed by atoms with E-state index in [0.717, 1.165) is 0 Å². The van der Waals surface area contributed by atoms with Crippen LogP contribution in [0.25, 0.3) is 0 Å². The number of hydrogen-bond acceptors (Lipinski definition) is 6. The van der Waals surface area contributed by atoms with Crippen LogP contribution in [0.3, 0.4) is 0 Å². The predicted molar refractivity (Wildman–Crippen MR) is 41.3 cm³/mol. The van der Waals surface area contributed by atoms with Gasteiger partial charge in [-0.15, -0.1) is 0 Å². The quantitative estimate of drug-likeness (QED) is 0.500. The second-order valence-corrected chi connectivity index (χ2v) is 3.20. The van der Waals surface area contributed by atoms with Gasteiger partial charge in [-0.05, 0) is 0 Å². The van der Waals surface area contributed by atoms with E-state index in [1.54, 1.807) is 0 Å². The summed E-state index contributed by atoms with van der Waals surface area (Å²) in [7, 11) is -0.507. The molecule has 0 aromatic heterocycles. The zero-order valence-electron chi connectivity index (χ0n) is 6.74. The van der Waals surface area contributed by atoms with Gasteiger partial charge in [0.05, 0.1) is 13.2 Å². The molecule has 7 heteroatoms. The molecule has 0 saturated carbocycles. The minimum Gasteiger partial charge on any atom is -0.388 e. The first-order valence-corrected chi connectivity index (χ1v) is 4.50. The Morgan fingerprint density at radius 3 is 2.69 bits per heavy atom. The Balaban J connectivity index is 2.43. The molecule has 0 spiro atoms. The van der Waals surface area contributed by atoms with E-state index >= 15 is 0 Å². The van der Waals surface area contributed by atoms with Crippen molar-refractivity contribution in [2.45, 2.75) is 24.4 Å². The average molecular weight is 210 g/mol. The van der Waals surface area contributed by atoms with E-state index in [9.17, 15) is 14.8 Å². The van der Waals surface area contributed by atoms with Crippen molar-refractivity contribution in [3.63, 3.8) is 0 Å². The fourth-order valence-electron chi connectivity index (χ4n) is 1.12. The van der Waals surface area contributed by atoms with Gasteiger partial charge in [0.1, 0.15) is 24.4 Å². The van der Waals surface area contributed by atoms with E-state index in [1.165, 1.54) is 0 Å². The Bertz CT molecular complexity index is 177. The molecular formula is C6H11O6P. The third-order valence-corrected chi connectivity index (χ3v) is 2.15. The van der Waals surface area contributed by atoms with E-state index < -0.39 is 33.1 Å². The molecule has 1 saturated heterocycles. The summed E-state index contributed by atoms with van der Waals surface area (Å²) in [5, 5.41) is 27.6. The molecule has 13 heavy (non-hydrogen) atoms. The molecule has 1 aliphatic heterocycles. The second-order valence-electron chi connectivity index (χ2n) is 2.79. The summed E-state index contributed by atoms with van der Waals surface area (Å²) < 4.78 is 19.3. The summed E-state index contributed by atoms with van der Waals surface area (Å²) in [6.07, 6.45) is -4.30. The van der Waals surface area contributed by atoms with Gasteiger partial charge in [0.25, 0.3) is 0 Å². The summed E-state index contributed by atoms with van der Waals surface area (Å²) >= 11 is 0. The molecule has 1 heterocycles. The van der Waals surface area contributed by atoms with E-state index in [0.29, 0.717) is 0 Å². The molecule has 0 radical (unpaired) electrons. The van der Waals surface area contributed by atoms with Gasteiger partial charge >= 0.3 is 8.69 Å². The molecule has 1 fully saturated rings. The Morgan fingerprint density at radius 1 is 1.38 bits per heavy atom. The maximum atomic E-state index is 9.93. The second kappa shape index (κ2) is 4.95. The largest absolute Gasteiger partial charge is 0.388 e. The first-order valence-electron chi connectivity index (χ1n) is 3.77. The molecule has 0 bridgehead atoms. The third kappa shape index (κ3) is 2.67. The fraction of sp³-hybridized carbons (Fsp3) is 1.00. The van der Waals surface area contributed by atoms with E-state index in [1.807, 2.05) is 0 Å². The monoisotopic (exact) mass is 210 g/mol. The molecule has 0 aliphatic carbocycles. The number of hydrogen-bond donors (Lipinski definition) is 3. The average Bonchev–Trinajstić information content (AvgIpc) is 2.13. The highest BCUT2D eigenvalue weighted by atomic mass is 31.1. The molecule has 3 N–H and O–H groups in total. The van der Waals surface area contributed by atoms with Gasteiger partial charge in [-0.1, -0.05) is 0 Å². The minimum atomic E-state index is -1.24. The van der Waals surface area contributed by atoms with Gasteiger partial charge in [-0.3, -0.25) is 4.52 Å². The van der Waals surface area contributed by atoms with Crippen molar-refractivity contribution in [1.82, 2.24) is 0 Å². The van der Waals surface area contributed by atoms with Crippen LogP contribution in [0.15, 0.2) is 0 Å². The topological polar surface area (TPSA) is 96.2 Å². The van der Waals surface area contributed by atoms with Gasteiger partial charge in [-0.25, -0.2) is 4.57 Å². The Morgan fingerprint density at radius 2 is 2.08 bits per heavy atom. The first-order chi connectivity index (χ1) is 6.16. The summed E-state index contributed by atoms with van der Waals surface area (Å²) in [4.78, 5) is 0. The summed E-state index contributed by atoms with van der Waals surface area (Å²) in [6.45, 7) is -0.155. The molecule has 76 valence electrons. The van der Waals surface area contributed by atoms with Gasteiger partial charge < -0.3 is 20.1 Å². The van der Waals surface area contributed by atoms with Crippen molar-refractivity contribution in [3.05, 3.63) is 0 Å². The molecule has 4 atom stereocenters. The van der Waals surface area contributed by atoms with Crippen LogP contribution in [0.5, 0.6) is 0 Å². The van der Waals surface area contributed by atoms with Crippen LogP contribution in [-0.4, -0.2) is 52.9 Å². The molecular weight excluding hydrogens is 199 g/mol. The fourth-order valence-corrected chi connectivity index (χ4v) is 1.33. The van der Waals surface area contributed by atoms with Crippen LogP contribution in [0.2, 0.25) is 0 Å². The van der Waals surface area contributed by atoms with Gasteiger partial charge in [-0.2, -0.15) is 0 Å². The van der Waals surface area contributed by atoms with Gasteiger partial charge in [0.2, 0.25) is 0 Å². The highest BCUT2D eigenvalue weighted by molar-refractivity contribution is 7.17. The van der Waals surface area contributed by atoms with Crippen LogP contribution >= 0.6 is 8.69 Å². The smallest absolute Gasteiger partial charge is 0.327 e. The van der Waals surface area contributed by atoms with Crippen molar-refractivity contribution in [1.29, 1.82) is 0 Å². The summed E-state index contributed by atoms with van der Waals surface area (Å²) in [6, 6.07) is 0. The summed E-state index contributed by atoms with van der Waals surface area (Å²) in [5.74, 6) is 0. The number of rotatable bonds is 3. The van der Waals surface area contributed by atoms with Crippen molar-refractivity contribution in [3.8, 4) is 0 Å². The Kier molecular flexibility index (Phi) is 4.18. The molecule has 0 unspecified atom stereocenters. The van der Waals surface area contributed by atoms with E-state index in [-0.39, 0.29) is 13.2 Å². The van der Waals surface area contributed by atoms with Crippen molar-refractivity contribution >= 4 is 8.69 Å². The lowest BCUT2D eigenvalue weighted by Crippen LogP contribution is -2.54. The van der Waals surface area contributed by atoms with Crippen LogP contribution in [0.4, 0.5) is 0 Å². The van der Waals surface area contributed by atoms with Crippen LogP contribution in [0, 0.1) is 0 Å². The first kappa shape index (κ1) is 11.0. The lowest BCUT2D eigenvalue weighted by atomic mass is 10.0. The zero-order valence-corrected chi connectivity index (χ0v) is 7.63. The molecule has 0 aromatic carbocycles. The maximum Gasteiger partial charge on any atom is 0.327 e. The van der Waals surface area contributed by atoms with Crippen molar-refractivity contribution < 1.29 is 29.1 Å². The standard InChI is InChI=1S/C6H11O6P/c7-3-1-11-4(2-12-13-10)6(9)5(3)8/h3-9H,1-2H2/t3-,4+,5+,6-/m0/s1. The summed E-state index contributed by atoms with van der Waals surface area (Å²) in [5.41, 5.74) is 0. The SMILES string of the molecule is O=POC[C@H]1OC[C@H](O)[C@@H](O)[C@H]1O. The minimum absolute atomic E-state index is 0.0675. The maximum absolute atomic E-state index is 9.93.